The van der Waals surface area contributed by atoms with E-state index in [0.717, 1.165) is 11.8 Å². The van der Waals surface area contributed by atoms with E-state index in [9.17, 15) is 9.59 Å². The minimum atomic E-state index is -0.988. The Morgan fingerprint density at radius 1 is 1.17 bits per heavy atom. The molecular weight excluding hydrogens is 306 g/mol. The maximum Gasteiger partial charge on any atom is 0.339 e. The number of carboxylic acids is 1. The van der Waals surface area contributed by atoms with E-state index in [0.29, 0.717) is 29.9 Å². The van der Waals surface area contributed by atoms with E-state index in [1.807, 2.05) is 7.05 Å². The van der Waals surface area contributed by atoms with Gasteiger partial charge in [0.15, 0.2) is 0 Å². The molecule has 0 unspecified atom stereocenters. The fraction of sp³-hybridized carbons (Fsp3) is 0.684. The molecule has 0 aromatic carbocycles. The lowest BCUT2D eigenvalue weighted by molar-refractivity contribution is -0.148. The molecular formula is C19H25NO4. The summed E-state index contributed by atoms with van der Waals surface area (Å²) in [6.45, 7) is 1.99. The van der Waals surface area contributed by atoms with E-state index < -0.39 is 5.97 Å². The average Bonchev–Trinajstić information content (AvgIpc) is 2.86. The van der Waals surface area contributed by atoms with Gasteiger partial charge in [0.1, 0.15) is 17.1 Å². The molecule has 4 fully saturated rings. The zero-order valence-electron chi connectivity index (χ0n) is 14.3. The Hall–Kier alpha value is -1.78. The highest BCUT2D eigenvalue weighted by atomic mass is 16.4. The number of rotatable bonds is 4. The molecule has 24 heavy (non-hydrogen) atoms. The SMILES string of the molecule is Cc1oc(CN(C)C(=O)C2C3CC4CC(C3)CC2C4)cc1C(=O)O. The minimum absolute atomic E-state index is 0.165. The van der Waals surface area contributed by atoms with Crippen molar-refractivity contribution in [3.8, 4) is 0 Å². The summed E-state index contributed by atoms with van der Waals surface area (Å²) < 4.78 is 5.53. The molecule has 1 heterocycles. The summed E-state index contributed by atoms with van der Waals surface area (Å²) in [6.07, 6.45) is 6.27. The van der Waals surface area contributed by atoms with Crippen LogP contribution >= 0.6 is 0 Å². The molecule has 4 aliphatic rings. The van der Waals surface area contributed by atoms with Gasteiger partial charge in [-0.05, 0) is 68.8 Å². The number of hydrogen-bond acceptors (Lipinski definition) is 3. The van der Waals surface area contributed by atoms with Gasteiger partial charge in [0, 0.05) is 13.0 Å². The molecule has 4 saturated carbocycles. The average molecular weight is 331 g/mol. The van der Waals surface area contributed by atoms with Crippen LogP contribution < -0.4 is 0 Å². The Morgan fingerprint density at radius 2 is 1.75 bits per heavy atom. The molecule has 0 aliphatic heterocycles. The third-order valence-electron chi connectivity index (χ3n) is 6.48. The molecule has 0 saturated heterocycles. The highest BCUT2D eigenvalue weighted by molar-refractivity contribution is 5.88. The molecule has 0 atom stereocenters. The second-order valence-electron chi connectivity index (χ2n) is 8.14. The normalized spacial score (nSPS) is 33.7. The van der Waals surface area contributed by atoms with Gasteiger partial charge in [0.25, 0.3) is 0 Å². The summed E-state index contributed by atoms with van der Waals surface area (Å²) in [5.41, 5.74) is 0.181. The summed E-state index contributed by atoms with van der Waals surface area (Å²) >= 11 is 0. The highest BCUT2D eigenvalue weighted by Gasteiger charge is 2.51. The topological polar surface area (TPSA) is 70.8 Å². The van der Waals surface area contributed by atoms with Crippen molar-refractivity contribution in [3.05, 3.63) is 23.2 Å². The van der Waals surface area contributed by atoms with Gasteiger partial charge < -0.3 is 14.4 Å². The van der Waals surface area contributed by atoms with E-state index in [4.69, 9.17) is 9.52 Å². The Morgan fingerprint density at radius 3 is 2.25 bits per heavy atom. The Bertz CT molecular complexity index is 649. The zero-order valence-corrected chi connectivity index (χ0v) is 14.3. The monoisotopic (exact) mass is 331 g/mol. The van der Waals surface area contributed by atoms with Crippen molar-refractivity contribution >= 4 is 11.9 Å². The van der Waals surface area contributed by atoms with Gasteiger partial charge in [0.2, 0.25) is 5.91 Å². The zero-order chi connectivity index (χ0) is 17.0. The molecule has 1 aromatic rings. The molecule has 5 heteroatoms. The molecule has 5 rings (SSSR count). The number of hydrogen-bond donors (Lipinski definition) is 1. The van der Waals surface area contributed by atoms with E-state index in [2.05, 4.69) is 0 Å². The Labute approximate surface area is 142 Å². The van der Waals surface area contributed by atoms with Crippen molar-refractivity contribution in [1.82, 2.24) is 4.90 Å². The second kappa shape index (κ2) is 5.64. The van der Waals surface area contributed by atoms with Crippen LogP contribution in [0, 0.1) is 36.5 Å². The molecule has 1 aromatic heterocycles. The molecule has 4 bridgehead atoms. The first kappa shape index (κ1) is 15.7. The first-order valence-electron chi connectivity index (χ1n) is 9.00. The van der Waals surface area contributed by atoms with Gasteiger partial charge in [-0.3, -0.25) is 4.79 Å². The summed E-state index contributed by atoms with van der Waals surface area (Å²) in [6, 6.07) is 1.54. The summed E-state index contributed by atoms with van der Waals surface area (Å²) in [7, 11) is 1.81. The molecule has 1 N–H and O–H groups in total. The van der Waals surface area contributed by atoms with Gasteiger partial charge in [-0.2, -0.15) is 0 Å². The summed E-state index contributed by atoms with van der Waals surface area (Å²) in [5, 5.41) is 9.12. The largest absolute Gasteiger partial charge is 0.478 e. The molecule has 1 amide bonds. The van der Waals surface area contributed by atoms with Gasteiger partial charge >= 0.3 is 5.97 Å². The first-order valence-corrected chi connectivity index (χ1v) is 9.00. The molecule has 4 aliphatic carbocycles. The van der Waals surface area contributed by atoms with Crippen LogP contribution in [0.5, 0.6) is 0 Å². The van der Waals surface area contributed by atoms with Gasteiger partial charge in [-0.25, -0.2) is 4.79 Å². The third kappa shape index (κ3) is 2.54. The number of carbonyl (C=O) groups excluding carboxylic acids is 1. The number of aryl methyl sites for hydroxylation is 1. The van der Waals surface area contributed by atoms with Crippen molar-refractivity contribution < 1.29 is 19.1 Å². The number of carboxylic acid groups (broad SMARTS) is 1. The van der Waals surface area contributed by atoms with Gasteiger partial charge in [0.05, 0.1) is 6.54 Å². The Balaban J connectivity index is 1.46. The lowest BCUT2D eigenvalue weighted by atomic mass is 9.51. The van der Waals surface area contributed by atoms with Crippen molar-refractivity contribution in [1.29, 1.82) is 0 Å². The predicted octanol–water partition coefficient (Wildman–Crippen LogP) is 3.32. The fourth-order valence-electron chi connectivity index (χ4n) is 5.73. The molecule has 130 valence electrons. The van der Waals surface area contributed by atoms with Crippen molar-refractivity contribution in [2.75, 3.05) is 7.05 Å². The maximum absolute atomic E-state index is 13.0. The van der Waals surface area contributed by atoms with Gasteiger partial charge in [-0.15, -0.1) is 0 Å². The quantitative estimate of drug-likeness (QED) is 0.919. The maximum atomic E-state index is 13.0. The number of furan rings is 1. The van der Waals surface area contributed by atoms with Crippen molar-refractivity contribution in [2.24, 2.45) is 29.6 Å². The standard InChI is InChI=1S/C19H25NO4/c1-10-16(19(22)23)8-15(24-10)9-20(2)18(21)17-13-4-11-3-12(6-13)7-14(17)5-11/h8,11-14,17H,3-7,9H2,1-2H3,(H,22,23). The van der Waals surface area contributed by atoms with Gasteiger partial charge in [-0.1, -0.05) is 0 Å². The van der Waals surface area contributed by atoms with Crippen LogP contribution in [0.25, 0.3) is 0 Å². The van der Waals surface area contributed by atoms with Crippen molar-refractivity contribution in [2.45, 2.75) is 45.6 Å². The Kier molecular flexibility index (Phi) is 3.70. The highest BCUT2D eigenvalue weighted by Crippen LogP contribution is 2.56. The number of nitrogens with zero attached hydrogens (tertiary/aromatic N) is 1. The summed E-state index contributed by atoms with van der Waals surface area (Å²) in [5.74, 6) is 3.16. The smallest absolute Gasteiger partial charge is 0.339 e. The molecule has 0 spiro atoms. The molecule has 5 nitrogen and oxygen atoms in total. The number of carbonyl (C=O) groups is 2. The second-order valence-corrected chi connectivity index (χ2v) is 8.14. The van der Waals surface area contributed by atoms with E-state index in [1.54, 1.807) is 17.9 Å². The fourth-order valence-corrected chi connectivity index (χ4v) is 5.73. The lowest BCUT2D eigenvalue weighted by Crippen LogP contribution is -2.51. The van der Waals surface area contributed by atoms with Crippen LogP contribution in [0.2, 0.25) is 0 Å². The van der Waals surface area contributed by atoms with Crippen molar-refractivity contribution in [3.63, 3.8) is 0 Å². The predicted molar refractivity (Wildman–Crippen MR) is 87.4 cm³/mol. The van der Waals surface area contributed by atoms with Crippen LogP contribution in [-0.2, 0) is 11.3 Å². The first-order chi connectivity index (χ1) is 11.4. The van der Waals surface area contributed by atoms with Crippen LogP contribution in [0.1, 0.15) is 54.0 Å². The molecule has 0 radical (unpaired) electrons. The minimum Gasteiger partial charge on any atom is -0.478 e. The lowest BCUT2D eigenvalue weighted by Gasteiger charge is -2.54. The van der Waals surface area contributed by atoms with Crippen LogP contribution in [-0.4, -0.2) is 28.9 Å². The third-order valence-corrected chi connectivity index (χ3v) is 6.48. The van der Waals surface area contributed by atoms with Crippen LogP contribution in [0.4, 0.5) is 0 Å². The van der Waals surface area contributed by atoms with E-state index in [1.165, 1.54) is 32.1 Å². The number of aromatic carboxylic acids is 1. The summed E-state index contributed by atoms with van der Waals surface area (Å²) in [4.78, 5) is 25.9. The number of amides is 1. The van der Waals surface area contributed by atoms with Crippen LogP contribution in [0.15, 0.2) is 10.5 Å². The van der Waals surface area contributed by atoms with E-state index in [-0.39, 0.29) is 17.4 Å². The van der Waals surface area contributed by atoms with E-state index >= 15 is 0 Å². The van der Waals surface area contributed by atoms with Crippen LogP contribution in [0.3, 0.4) is 0 Å².